The highest BCUT2D eigenvalue weighted by molar-refractivity contribution is 5.91. The van der Waals surface area contributed by atoms with Gasteiger partial charge < -0.3 is 10.6 Å². The van der Waals surface area contributed by atoms with E-state index in [0.29, 0.717) is 0 Å². The molecule has 0 spiro atoms. The van der Waals surface area contributed by atoms with E-state index in [2.05, 4.69) is 57.4 Å². The van der Waals surface area contributed by atoms with Crippen LogP contribution in [0.1, 0.15) is 51.7 Å². The third-order valence-electron chi connectivity index (χ3n) is 4.04. The van der Waals surface area contributed by atoms with Crippen molar-refractivity contribution >= 4 is 12.0 Å². The lowest BCUT2D eigenvalue weighted by Crippen LogP contribution is -2.62. The Morgan fingerprint density at radius 2 is 1.68 bits per heavy atom. The molecule has 0 saturated carbocycles. The molecule has 0 aromatic heterocycles. The van der Waals surface area contributed by atoms with Crippen LogP contribution in [0.3, 0.4) is 0 Å². The van der Waals surface area contributed by atoms with Gasteiger partial charge in [-0.2, -0.15) is 0 Å². The summed E-state index contributed by atoms with van der Waals surface area (Å²) >= 11 is 0. The van der Waals surface area contributed by atoms with E-state index in [4.69, 9.17) is 0 Å². The third-order valence-corrected chi connectivity index (χ3v) is 4.04. The van der Waals surface area contributed by atoms with Gasteiger partial charge in [0.05, 0.1) is 0 Å². The molecule has 22 heavy (non-hydrogen) atoms. The van der Waals surface area contributed by atoms with Crippen molar-refractivity contribution in [3.8, 4) is 0 Å². The maximum Gasteiger partial charge on any atom is 0.244 e. The molecule has 1 heterocycles. The summed E-state index contributed by atoms with van der Waals surface area (Å²) in [6.45, 7) is 10.8. The third kappa shape index (κ3) is 4.99. The number of carbonyl (C=O) groups is 1. The second kappa shape index (κ2) is 6.25. The standard InChI is InChI=1S/C19H28N2O/c1-14-6-8-15(9-7-14)10-11-17(22)20-16-12-18(2,3)21-19(4,5)13-16/h6-11,16,21H,12-13H2,1-5H3,(H,20,22). The molecule has 0 bridgehead atoms. The Hall–Kier alpha value is -1.61. The van der Waals surface area contributed by atoms with E-state index in [1.54, 1.807) is 6.08 Å². The maximum atomic E-state index is 12.2. The summed E-state index contributed by atoms with van der Waals surface area (Å²) in [4.78, 5) is 12.2. The molecule has 120 valence electrons. The zero-order chi connectivity index (χ0) is 16.4. The lowest BCUT2D eigenvalue weighted by Gasteiger charge is -2.46. The summed E-state index contributed by atoms with van der Waals surface area (Å²) in [6.07, 6.45) is 5.39. The van der Waals surface area contributed by atoms with Gasteiger partial charge in [-0.15, -0.1) is 0 Å². The van der Waals surface area contributed by atoms with E-state index in [1.807, 2.05) is 18.2 Å². The number of benzene rings is 1. The van der Waals surface area contributed by atoms with Crippen LogP contribution in [0.5, 0.6) is 0 Å². The van der Waals surface area contributed by atoms with Gasteiger partial charge in [0.25, 0.3) is 0 Å². The molecule has 1 saturated heterocycles. The summed E-state index contributed by atoms with van der Waals surface area (Å²) in [5.74, 6) is -0.0147. The molecule has 2 N–H and O–H groups in total. The second-order valence-corrected chi connectivity index (χ2v) is 7.75. The van der Waals surface area contributed by atoms with Crippen molar-refractivity contribution < 1.29 is 4.79 Å². The molecule has 0 unspecified atom stereocenters. The highest BCUT2D eigenvalue weighted by Gasteiger charge is 2.37. The molecule has 0 radical (unpaired) electrons. The van der Waals surface area contributed by atoms with Gasteiger partial charge in [0.1, 0.15) is 0 Å². The van der Waals surface area contributed by atoms with Crippen molar-refractivity contribution in [2.45, 2.75) is 64.6 Å². The minimum Gasteiger partial charge on any atom is -0.350 e. The minimum atomic E-state index is -0.0147. The molecule has 0 atom stereocenters. The number of carbonyl (C=O) groups excluding carboxylic acids is 1. The van der Waals surface area contributed by atoms with Crippen LogP contribution in [0, 0.1) is 6.92 Å². The Labute approximate surface area is 134 Å². The number of piperidine rings is 1. The molecular weight excluding hydrogens is 272 g/mol. The topological polar surface area (TPSA) is 41.1 Å². The van der Waals surface area contributed by atoms with Crippen molar-refractivity contribution in [2.24, 2.45) is 0 Å². The van der Waals surface area contributed by atoms with E-state index < -0.39 is 0 Å². The van der Waals surface area contributed by atoms with Gasteiger partial charge in [-0.05, 0) is 59.1 Å². The van der Waals surface area contributed by atoms with Crippen LogP contribution < -0.4 is 10.6 Å². The van der Waals surface area contributed by atoms with Crippen LogP contribution >= 0.6 is 0 Å². The Bertz CT molecular complexity index is 539. The number of hydrogen-bond acceptors (Lipinski definition) is 2. The van der Waals surface area contributed by atoms with Crippen molar-refractivity contribution in [3.63, 3.8) is 0 Å². The molecule has 3 nitrogen and oxygen atoms in total. The Morgan fingerprint density at radius 3 is 2.23 bits per heavy atom. The monoisotopic (exact) mass is 300 g/mol. The normalized spacial score (nSPS) is 21.0. The van der Waals surface area contributed by atoms with Crippen LogP contribution in [0.4, 0.5) is 0 Å². The summed E-state index contributed by atoms with van der Waals surface area (Å²) < 4.78 is 0. The SMILES string of the molecule is Cc1ccc(C=CC(=O)NC2CC(C)(C)NC(C)(C)C2)cc1. The molecule has 1 aromatic carbocycles. The quantitative estimate of drug-likeness (QED) is 0.840. The molecule has 2 rings (SSSR count). The van der Waals surface area contributed by atoms with Crippen LogP contribution in [-0.4, -0.2) is 23.0 Å². The van der Waals surface area contributed by atoms with Gasteiger partial charge >= 0.3 is 0 Å². The molecule has 0 aliphatic carbocycles. The summed E-state index contributed by atoms with van der Waals surface area (Å²) in [5, 5.41) is 6.77. The van der Waals surface area contributed by atoms with Gasteiger partial charge in [-0.3, -0.25) is 4.79 Å². The number of rotatable bonds is 3. The van der Waals surface area contributed by atoms with E-state index >= 15 is 0 Å². The average molecular weight is 300 g/mol. The van der Waals surface area contributed by atoms with E-state index in [1.165, 1.54) is 5.56 Å². The van der Waals surface area contributed by atoms with Crippen LogP contribution in [-0.2, 0) is 4.79 Å². The van der Waals surface area contributed by atoms with Gasteiger partial charge in [0.15, 0.2) is 0 Å². The highest BCUT2D eigenvalue weighted by Crippen LogP contribution is 2.28. The van der Waals surface area contributed by atoms with E-state index in [-0.39, 0.29) is 23.0 Å². The Balaban J connectivity index is 1.95. The first kappa shape index (κ1) is 16.8. The van der Waals surface area contributed by atoms with Crippen LogP contribution in [0.25, 0.3) is 6.08 Å². The summed E-state index contributed by atoms with van der Waals surface area (Å²) in [7, 11) is 0. The number of aryl methyl sites for hydroxylation is 1. The Kier molecular flexibility index (Phi) is 4.76. The first-order chi connectivity index (χ1) is 10.2. The Morgan fingerprint density at radius 1 is 1.14 bits per heavy atom. The summed E-state index contributed by atoms with van der Waals surface area (Å²) in [5.41, 5.74) is 2.35. The number of hydrogen-bond donors (Lipinski definition) is 2. The zero-order valence-electron chi connectivity index (χ0n) is 14.4. The fourth-order valence-electron chi connectivity index (χ4n) is 3.52. The fraction of sp³-hybridized carbons (Fsp3) is 0.526. The first-order valence-corrected chi connectivity index (χ1v) is 8.00. The van der Waals surface area contributed by atoms with Crippen molar-refractivity contribution in [1.82, 2.24) is 10.6 Å². The molecule has 1 aromatic rings. The lowest BCUT2D eigenvalue weighted by atomic mass is 9.79. The van der Waals surface area contributed by atoms with Gasteiger partial charge in [-0.25, -0.2) is 0 Å². The molecular formula is C19H28N2O. The molecule has 1 aliphatic heterocycles. The minimum absolute atomic E-state index is 0.0147. The fourth-order valence-corrected chi connectivity index (χ4v) is 3.52. The molecule has 1 amide bonds. The maximum absolute atomic E-state index is 12.2. The predicted molar refractivity (Wildman–Crippen MR) is 92.7 cm³/mol. The predicted octanol–water partition coefficient (Wildman–Crippen LogP) is 3.43. The lowest BCUT2D eigenvalue weighted by molar-refractivity contribution is -0.117. The van der Waals surface area contributed by atoms with E-state index in [9.17, 15) is 4.79 Å². The summed E-state index contributed by atoms with van der Waals surface area (Å²) in [6, 6.07) is 8.36. The molecule has 1 aliphatic rings. The van der Waals surface area contributed by atoms with Gasteiger partial charge in [0, 0.05) is 23.2 Å². The second-order valence-electron chi connectivity index (χ2n) is 7.75. The van der Waals surface area contributed by atoms with Crippen molar-refractivity contribution in [3.05, 3.63) is 41.5 Å². The van der Waals surface area contributed by atoms with Crippen molar-refractivity contribution in [2.75, 3.05) is 0 Å². The van der Waals surface area contributed by atoms with Gasteiger partial charge in [0.2, 0.25) is 5.91 Å². The highest BCUT2D eigenvalue weighted by atomic mass is 16.1. The van der Waals surface area contributed by atoms with Crippen LogP contribution in [0.15, 0.2) is 30.3 Å². The zero-order valence-corrected chi connectivity index (χ0v) is 14.4. The van der Waals surface area contributed by atoms with Crippen LogP contribution in [0.2, 0.25) is 0 Å². The van der Waals surface area contributed by atoms with E-state index in [0.717, 1.165) is 18.4 Å². The smallest absolute Gasteiger partial charge is 0.244 e. The number of amides is 1. The first-order valence-electron chi connectivity index (χ1n) is 8.00. The molecule has 3 heteroatoms. The van der Waals surface area contributed by atoms with Crippen molar-refractivity contribution in [1.29, 1.82) is 0 Å². The molecule has 1 fully saturated rings. The van der Waals surface area contributed by atoms with Gasteiger partial charge in [-0.1, -0.05) is 29.8 Å². The largest absolute Gasteiger partial charge is 0.350 e. The average Bonchev–Trinajstić information content (AvgIpc) is 2.34. The number of nitrogens with one attached hydrogen (secondary N) is 2.